The molecule has 1 atom stereocenters. The number of carbonyl (C=O) groups excluding carboxylic acids is 2. The van der Waals surface area contributed by atoms with Gasteiger partial charge >= 0.3 is 18.1 Å². The zero-order valence-electron chi connectivity index (χ0n) is 21.6. The number of alkyl halides is 3. The molecule has 7 nitrogen and oxygen atoms in total. The molecule has 39 heavy (non-hydrogen) atoms. The van der Waals surface area contributed by atoms with Crippen molar-refractivity contribution in [1.82, 2.24) is 4.90 Å². The first-order chi connectivity index (χ1) is 18.6. The highest BCUT2D eigenvalue weighted by atomic mass is 19.4. The Balaban J connectivity index is 1.37. The van der Waals surface area contributed by atoms with Crippen molar-refractivity contribution in [3.63, 3.8) is 0 Å². The number of benzene rings is 3. The van der Waals surface area contributed by atoms with Crippen LogP contribution in [0.5, 0.6) is 5.75 Å². The fraction of sp³-hybridized carbons (Fsp3) is 0.310. The lowest BCUT2D eigenvalue weighted by atomic mass is 10.0. The third-order valence-corrected chi connectivity index (χ3v) is 7.06. The molecule has 2 heterocycles. The molecule has 1 unspecified atom stereocenters. The van der Waals surface area contributed by atoms with Gasteiger partial charge in [-0.25, -0.2) is 4.79 Å². The van der Waals surface area contributed by atoms with E-state index >= 15 is 0 Å². The highest BCUT2D eigenvalue weighted by Crippen LogP contribution is 2.41. The Hall–Kier alpha value is -4.05. The number of fused-ring (bicyclic) bond motifs is 3. The first kappa shape index (κ1) is 26.6. The van der Waals surface area contributed by atoms with Gasteiger partial charge in [-0.05, 0) is 54.1 Å². The molecule has 2 aliphatic rings. The lowest BCUT2D eigenvalue weighted by molar-refractivity contribution is -0.137. The molecule has 0 aliphatic carbocycles. The predicted molar refractivity (Wildman–Crippen MR) is 140 cm³/mol. The van der Waals surface area contributed by atoms with E-state index in [0.717, 1.165) is 42.2 Å². The minimum atomic E-state index is -4.39. The molecule has 204 valence electrons. The zero-order chi connectivity index (χ0) is 27.7. The number of nitrogens with zero attached hydrogens (tertiary/aromatic N) is 3. The minimum absolute atomic E-state index is 0.0956. The summed E-state index contributed by atoms with van der Waals surface area (Å²) in [6.07, 6.45) is -4.39. The van der Waals surface area contributed by atoms with Crippen LogP contribution in [0.15, 0.2) is 66.7 Å². The van der Waals surface area contributed by atoms with E-state index in [4.69, 9.17) is 9.47 Å². The number of halogens is 3. The minimum Gasteiger partial charge on any atom is -0.465 e. The smallest absolute Gasteiger partial charge is 0.416 e. The predicted octanol–water partition coefficient (Wildman–Crippen LogP) is 5.26. The molecular formula is C29H28F3N3O4. The van der Waals surface area contributed by atoms with Crippen LogP contribution in [0.1, 0.15) is 28.4 Å². The average Bonchev–Trinajstić information content (AvgIpc) is 2.91. The van der Waals surface area contributed by atoms with Crippen LogP contribution >= 0.6 is 0 Å². The Labute approximate surface area is 224 Å². The quantitative estimate of drug-likeness (QED) is 0.324. The number of carbonyl (C=O) groups is 2. The van der Waals surface area contributed by atoms with Crippen molar-refractivity contribution in [2.75, 3.05) is 43.1 Å². The van der Waals surface area contributed by atoms with Crippen molar-refractivity contribution in [3.05, 3.63) is 83.4 Å². The van der Waals surface area contributed by atoms with Crippen LogP contribution in [0.3, 0.4) is 0 Å². The van der Waals surface area contributed by atoms with Gasteiger partial charge in [-0.3, -0.25) is 9.69 Å². The third kappa shape index (κ3) is 5.56. The molecule has 10 heteroatoms. The Kier molecular flexibility index (Phi) is 7.22. The van der Waals surface area contributed by atoms with Gasteiger partial charge < -0.3 is 19.3 Å². The summed E-state index contributed by atoms with van der Waals surface area (Å²) in [6, 6.07) is 18.4. The maximum Gasteiger partial charge on any atom is 0.416 e. The number of hydrogen-bond acceptors (Lipinski definition) is 7. The first-order valence-corrected chi connectivity index (χ1v) is 12.6. The van der Waals surface area contributed by atoms with Crippen molar-refractivity contribution >= 4 is 29.0 Å². The molecule has 3 aromatic carbocycles. The second-order valence-electron chi connectivity index (χ2n) is 9.64. The molecule has 2 aliphatic heterocycles. The summed E-state index contributed by atoms with van der Waals surface area (Å²) in [6.45, 7) is 4.73. The maximum absolute atomic E-state index is 13.1. The second-order valence-corrected chi connectivity index (χ2v) is 9.64. The van der Waals surface area contributed by atoms with Gasteiger partial charge in [-0.2, -0.15) is 13.2 Å². The van der Waals surface area contributed by atoms with Crippen molar-refractivity contribution in [3.8, 4) is 5.75 Å². The van der Waals surface area contributed by atoms with Crippen LogP contribution < -0.4 is 14.5 Å². The van der Waals surface area contributed by atoms with E-state index in [0.29, 0.717) is 25.3 Å². The van der Waals surface area contributed by atoms with Gasteiger partial charge in [0.2, 0.25) is 0 Å². The number of para-hydroxylation sites is 2. The summed E-state index contributed by atoms with van der Waals surface area (Å²) in [7, 11) is 1.27. The summed E-state index contributed by atoms with van der Waals surface area (Å²) in [5.41, 5.74) is 3.10. The molecule has 0 spiro atoms. The molecule has 0 aromatic heterocycles. The molecule has 1 fully saturated rings. The van der Waals surface area contributed by atoms with E-state index in [1.54, 1.807) is 12.1 Å². The van der Waals surface area contributed by atoms with Gasteiger partial charge in [-0.1, -0.05) is 18.2 Å². The molecular weight excluding hydrogens is 511 g/mol. The Morgan fingerprint density at radius 3 is 2.33 bits per heavy atom. The Bertz CT molecular complexity index is 1380. The largest absolute Gasteiger partial charge is 0.465 e. The van der Waals surface area contributed by atoms with Crippen molar-refractivity contribution < 1.29 is 32.2 Å². The van der Waals surface area contributed by atoms with Gasteiger partial charge in [-0.15, -0.1) is 0 Å². The molecule has 3 aromatic rings. The van der Waals surface area contributed by atoms with E-state index < -0.39 is 23.7 Å². The summed E-state index contributed by atoms with van der Waals surface area (Å²) >= 11 is 0. The fourth-order valence-electron chi connectivity index (χ4n) is 5.30. The highest BCUT2D eigenvalue weighted by molar-refractivity contribution is 5.93. The number of rotatable bonds is 5. The number of methoxy groups -OCH3 is 1. The Morgan fingerprint density at radius 2 is 1.67 bits per heavy atom. The zero-order valence-corrected chi connectivity index (χ0v) is 21.6. The summed E-state index contributed by atoms with van der Waals surface area (Å²) in [5.74, 6) is -0.962. The summed E-state index contributed by atoms with van der Waals surface area (Å²) in [5, 5.41) is 0. The number of piperazine rings is 1. The topological polar surface area (TPSA) is 62.3 Å². The molecule has 0 amide bonds. The normalized spacial score (nSPS) is 17.3. The summed E-state index contributed by atoms with van der Waals surface area (Å²) in [4.78, 5) is 30.4. The van der Waals surface area contributed by atoms with Crippen molar-refractivity contribution in [2.24, 2.45) is 0 Å². The lowest BCUT2D eigenvalue weighted by Crippen LogP contribution is -2.59. The van der Waals surface area contributed by atoms with E-state index in [-0.39, 0.29) is 17.4 Å². The van der Waals surface area contributed by atoms with E-state index in [1.165, 1.54) is 26.2 Å². The van der Waals surface area contributed by atoms with E-state index in [1.807, 2.05) is 30.3 Å². The van der Waals surface area contributed by atoms with Crippen LogP contribution in [0.2, 0.25) is 0 Å². The van der Waals surface area contributed by atoms with E-state index in [9.17, 15) is 22.8 Å². The molecule has 0 bridgehead atoms. The number of ether oxygens (including phenoxy) is 2. The molecule has 1 saturated heterocycles. The number of anilines is 3. The van der Waals surface area contributed by atoms with Crippen LogP contribution in [-0.4, -0.2) is 56.2 Å². The number of hydrogen-bond donors (Lipinski definition) is 0. The second kappa shape index (κ2) is 10.6. The van der Waals surface area contributed by atoms with Gasteiger partial charge in [0, 0.05) is 45.3 Å². The highest BCUT2D eigenvalue weighted by Gasteiger charge is 2.36. The van der Waals surface area contributed by atoms with E-state index in [2.05, 4.69) is 14.7 Å². The molecule has 5 rings (SSSR count). The SMILES string of the molecule is COC(=O)c1ccc(CN2CCN3c4ccccc4N(c4ccc(C(F)(F)F)cc4)CC3C2)cc1OC(C)=O. The summed E-state index contributed by atoms with van der Waals surface area (Å²) < 4.78 is 49.5. The van der Waals surface area contributed by atoms with Crippen LogP contribution in [0, 0.1) is 0 Å². The van der Waals surface area contributed by atoms with Crippen LogP contribution in [0.25, 0.3) is 0 Å². The van der Waals surface area contributed by atoms with Gasteiger partial charge in [0.15, 0.2) is 0 Å². The first-order valence-electron chi connectivity index (χ1n) is 12.6. The lowest BCUT2D eigenvalue weighted by Gasteiger charge is -2.49. The van der Waals surface area contributed by atoms with Crippen molar-refractivity contribution in [1.29, 1.82) is 0 Å². The van der Waals surface area contributed by atoms with Gasteiger partial charge in [0.05, 0.1) is 30.1 Å². The van der Waals surface area contributed by atoms with Crippen molar-refractivity contribution in [2.45, 2.75) is 25.7 Å². The monoisotopic (exact) mass is 539 g/mol. The van der Waals surface area contributed by atoms with Crippen LogP contribution in [0.4, 0.5) is 30.2 Å². The van der Waals surface area contributed by atoms with Gasteiger partial charge in [0.1, 0.15) is 11.3 Å². The molecule has 0 saturated carbocycles. The molecule has 0 radical (unpaired) electrons. The third-order valence-electron chi connectivity index (χ3n) is 7.06. The Morgan fingerprint density at radius 1 is 0.949 bits per heavy atom. The average molecular weight is 540 g/mol. The fourth-order valence-corrected chi connectivity index (χ4v) is 5.30. The van der Waals surface area contributed by atoms with Gasteiger partial charge in [0.25, 0.3) is 0 Å². The number of esters is 2. The maximum atomic E-state index is 13.1. The van der Waals surface area contributed by atoms with Crippen LogP contribution in [-0.2, 0) is 22.3 Å². The molecule has 0 N–H and O–H groups in total. The standard InChI is InChI=1S/C29H28F3N3O4/c1-19(36)39-27-15-20(7-12-24(27)28(37)38-2)16-33-13-14-34-23(17-33)18-35(26-6-4-3-5-25(26)34)22-10-8-21(9-11-22)29(30,31)32/h3-12,15,23H,13-14,16-18H2,1-2H3.